The van der Waals surface area contributed by atoms with Crippen LogP contribution in [-0.2, 0) is 4.74 Å². The zero-order chi connectivity index (χ0) is 14.8. The van der Waals surface area contributed by atoms with E-state index in [1.165, 1.54) is 71.0 Å². The van der Waals surface area contributed by atoms with Crippen molar-refractivity contribution in [2.24, 2.45) is 0 Å². The average Bonchev–Trinajstić information content (AvgIpc) is 2.53. The number of hydrogen-bond donors (Lipinski definition) is 2. The molecule has 2 fully saturated rings. The quantitative estimate of drug-likeness (QED) is 0.640. The van der Waals surface area contributed by atoms with Crippen LogP contribution >= 0.6 is 0 Å². The first-order chi connectivity index (χ1) is 10.3. The van der Waals surface area contributed by atoms with Crippen LogP contribution in [0.1, 0.15) is 57.8 Å². The third kappa shape index (κ3) is 6.23. The van der Waals surface area contributed by atoms with Gasteiger partial charge in [-0.3, -0.25) is 0 Å². The molecule has 0 aromatic rings. The van der Waals surface area contributed by atoms with Crippen LogP contribution in [0.4, 0.5) is 0 Å². The van der Waals surface area contributed by atoms with Crippen LogP contribution < -0.4 is 5.32 Å². The molecule has 2 rings (SSSR count). The van der Waals surface area contributed by atoms with Gasteiger partial charge in [0, 0.05) is 32.8 Å². The number of aliphatic hydroxyl groups excluding tert-OH is 1. The fourth-order valence-electron chi connectivity index (χ4n) is 3.54. The Labute approximate surface area is 130 Å². The maximum absolute atomic E-state index is 8.72. The second-order valence-electron chi connectivity index (χ2n) is 6.75. The molecule has 0 amide bonds. The summed E-state index contributed by atoms with van der Waals surface area (Å²) >= 11 is 0. The third-order valence-corrected chi connectivity index (χ3v) is 5.03. The first kappa shape index (κ1) is 17.2. The highest BCUT2D eigenvalue weighted by Crippen LogP contribution is 2.27. The Bertz CT molecular complexity index is 258. The van der Waals surface area contributed by atoms with Crippen molar-refractivity contribution in [2.45, 2.75) is 63.4 Å². The fourth-order valence-corrected chi connectivity index (χ4v) is 3.54. The summed E-state index contributed by atoms with van der Waals surface area (Å²) in [7, 11) is 0. The lowest BCUT2D eigenvalue weighted by Gasteiger charge is -2.44. The van der Waals surface area contributed by atoms with Crippen LogP contribution in [0.5, 0.6) is 0 Å². The normalized spacial score (nSPS) is 22.7. The summed E-state index contributed by atoms with van der Waals surface area (Å²) < 4.78 is 6.04. The predicted molar refractivity (Wildman–Crippen MR) is 86.6 cm³/mol. The molecule has 0 radical (unpaired) electrons. The maximum Gasteiger partial charge on any atom is 0.0831 e. The Morgan fingerprint density at radius 1 is 0.952 bits per heavy atom. The van der Waals surface area contributed by atoms with Gasteiger partial charge in [-0.2, -0.15) is 0 Å². The molecule has 21 heavy (non-hydrogen) atoms. The Kier molecular flexibility index (Phi) is 8.01. The monoisotopic (exact) mass is 298 g/mol. The van der Waals surface area contributed by atoms with E-state index in [2.05, 4.69) is 10.2 Å². The number of rotatable bonds is 9. The largest absolute Gasteiger partial charge is 0.396 e. The van der Waals surface area contributed by atoms with Crippen molar-refractivity contribution >= 4 is 0 Å². The van der Waals surface area contributed by atoms with E-state index in [4.69, 9.17) is 9.84 Å². The van der Waals surface area contributed by atoms with Gasteiger partial charge in [-0.1, -0.05) is 32.1 Å². The summed E-state index contributed by atoms with van der Waals surface area (Å²) in [6.07, 6.45) is 11.2. The number of aliphatic hydroxyl groups is 1. The molecule has 2 aliphatic heterocycles. The molecular weight excluding hydrogens is 264 g/mol. The minimum atomic E-state index is 0.154. The van der Waals surface area contributed by atoms with E-state index in [0.29, 0.717) is 6.61 Å². The Morgan fingerprint density at radius 3 is 2.24 bits per heavy atom. The first-order valence-electron chi connectivity index (χ1n) is 9.03. The van der Waals surface area contributed by atoms with E-state index in [-0.39, 0.29) is 5.60 Å². The van der Waals surface area contributed by atoms with Gasteiger partial charge in [0.25, 0.3) is 0 Å². The minimum Gasteiger partial charge on any atom is -0.396 e. The SMILES string of the molecule is OCCCCCCCCCN1CCC2(CC1)CNCCO2. The molecule has 0 aromatic carbocycles. The molecular formula is C17H34N2O2. The Hall–Kier alpha value is -0.160. The van der Waals surface area contributed by atoms with Crippen LogP contribution in [0.15, 0.2) is 0 Å². The molecule has 0 atom stereocenters. The van der Waals surface area contributed by atoms with Crippen LogP contribution in [0, 0.1) is 0 Å². The first-order valence-corrected chi connectivity index (χ1v) is 9.03. The molecule has 4 heteroatoms. The molecule has 2 N–H and O–H groups in total. The average molecular weight is 298 g/mol. The van der Waals surface area contributed by atoms with Crippen molar-refractivity contribution in [3.63, 3.8) is 0 Å². The standard InChI is InChI=1S/C17H34N2O2/c20-14-7-5-3-1-2-4-6-11-19-12-8-17(9-13-19)16-18-10-15-21-17/h18,20H,1-16H2. The smallest absolute Gasteiger partial charge is 0.0831 e. The van der Waals surface area contributed by atoms with Crippen LogP contribution in [-0.4, -0.2) is 61.5 Å². The zero-order valence-electron chi connectivity index (χ0n) is 13.6. The molecule has 2 saturated heterocycles. The number of morpholine rings is 1. The predicted octanol–water partition coefficient (Wildman–Crippen LogP) is 2.16. The van der Waals surface area contributed by atoms with Crippen molar-refractivity contribution in [2.75, 3.05) is 45.9 Å². The van der Waals surface area contributed by atoms with Crippen LogP contribution in [0.2, 0.25) is 0 Å². The van der Waals surface area contributed by atoms with Gasteiger partial charge < -0.3 is 20.1 Å². The lowest BCUT2D eigenvalue weighted by Crippen LogP contribution is -2.55. The van der Waals surface area contributed by atoms with Crippen LogP contribution in [0.3, 0.4) is 0 Å². The van der Waals surface area contributed by atoms with Gasteiger partial charge in [0.15, 0.2) is 0 Å². The van der Waals surface area contributed by atoms with Gasteiger partial charge in [0.2, 0.25) is 0 Å². The summed E-state index contributed by atoms with van der Waals surface area (Å²) in [5.41, 5.74) is 0.154. The molecule has 2 heterocycles. The lowest BCUT2D eigenvalue weighted by atomic mass is 9.90. The van der Waals surface area contributed by atoms with E-state index in [1.54, 1.807) is 0 Å². The van der Waals surface area contributed by atoms with Crippen molar-refractivity contribution in [1.82, 2.24) is 10.2 Å². The molecule has 124 valence electrons. The lowest BCUT2D eigenvalue weighted by molar-refractivity contribution is -0.0996. The molecule has 0 aromatic heterocycles. The number of hydrogen-bond acceptors (Lipinski definition) is 4. The molecule has 1 spiro atoms. The van der Waals surface area contributed by atoms with Crippen molar-refractivity contribution in [3.05, 3.63) is 0 Å². The Morgan fingerprint density at radius 2 is 1.62 bits per heavy atom. The summed E-state index contributed by atoms with van der Waals surface area (Å²) in [5, 5.41) is 12.2. The van der Waals surface area contributed by atoms with Crippen molar-refractivity contribution in [3.8, 4) is 0 Å². The van der Waals surface area contributed by atoms with E-state index in [1.807, 2.05) is 0 Å². The zero-order valence-corrected chi connectivity index (χ0v) is 13.6. The molecule has 0 saturated carbocycles. The summed E-state index contributed by atoms with van der Waals surface area (Å²) in [5.74, 6) is 0. The second-order valence-corrected chi connectivity index (χ2v) is 6.75. The number of piperidine rings is 1. The molecule has 4 nitrogen and oxygen atoms in total. The van der Waals surface area contributed by atoms with E-state index >= 15 is 0 Å². The number of ether oxygens (including phenoxy) is 1. The van der Waals surface area contributed by atoms with E-state index in [0.717, 1.165) is 26.1 Å². The molecule has 0 bridgehead atoms. The Balaban J connectivity index is 1.45. The van der Waals surface area contributed by atoms with Gasteiger partial charge in [0.05, 0.1) is 12.2 Å². The van der Waals surface area contributed by atoms with Gasteiger partial charge in [-0.25, -0.2) is 0 Å². The highest BCUT2D eigenvalue weighted by atomic mass is 16.5. The third-order valence-electron chi connectivity index (χ3n) is 5.03. The topological polar surface area (TPSA) is 44.7 Å². The number of nitrogens with zero attached hydrogens (tertiary/aromatic N) is 1. The van der Waals surface area contributed by atoms with E-state index in [9.17, 15) is 0 Å². The number of likely N-dealkylation sites (tertiary alicyclic amines) is 1. The summed E-state index contributed by atoms with van der Waals surface area (Å²) in [4.78, 5) is 2.62. The van der Waals surface area contributed by atoms with Gasteiger partial charge in [0.1, 0.15) is 0 Å². The number of unbranched alkanes of at least 4 members (excludes halogenated alkanes) is 6. The van der Waals surface area contributed by atoms with Gasteiger partial charge in [-0.15, -0.1) is 0 Å². The minimum absolute atomic E-state index is 0.154. The maximum atomic E-state index is 8.72. The van der Waals surface area contributed by atoms with Crippen LogP contribution in [0.25, 0.3) is 0 Å². The van der Waals surface area contributed by atoms with Crippen molar-refractivity contribution in [1.29, 1.82) is 0 Å². The number of nitrogens with one attached hydrogen (secondary N) is 1. The van der Waals surface area contributed by atoms with Gasteiger partial charge in [-0.05, 0) is 32.2 Å². The summed E-state index contributed by atoms with van der Waals surface area (Å²) in [6.45, 7) is 6.99. The van der Waals surface area contributed by atoms with E-state index < -0.39 is 0 Å². The summed E-state index contributed by atoms with van der Waals surface area (Å²) in [6, 6.07) is 0. The fraction of sp³-hybridized carbons (Fsp3) is 1.00. The highest BCUT2D eigenvalue weighted by Gasteiger charge is 2.36. The van der Waals surface area contributed by atoms with Crippen molar-refractivity contribution < 1.29 is 9.84 Å². The molecule has 0 aliphatic carbocycles. The van der Waals surface area contributed by atoms with Gasteiger partial charge >= 0.3 is 0 Å². The molecule has 2 aliphatic rings. The highest BCUT2D eigenvalue weighted by molar-refractivity contribution is 4.91. The second kappa shape index (κ2) is 9.78. The molecule has 0 unspecified atom stereocenters.